The fraction of sp³-hybridized carbons (Fsp3) is 0.480. The molecule has 1 atom stereocenters. The van der Waals surface area contributed by atoms with E-state index in [0.29, 0.717) is 6.54 Å². The number of hydrogen-bond donors (Lipinski definition) is 2. The number of morpholine rings is 1. The lowest BCUT2D eigenvalue weighted by molar-refractivity contribution is -0.117. The second kappa shape index (κ2) is 10.8. The molecule has 0 bridgehead atoms. The van der Waals surface area contributed by atoms with Gasteiger partial charge in [0.25, 0.3) is 0 Å². The number of hydrogen-bond acceptors (Lipinski definition) is 5. The highest BCUT2D eigenvalue weighted by Crippen LogP contribution is 2.19. The molecule has 0 radical (unpaired) electrons. The number of nitrogens with one attached hydrogen (secondary N) is 2. The van der Waals surface area contributed by atoms with E-state index in [1.807, 2.05) is 19.1 Å². The Kier molecular flexibility index (Phi) is 7.57. The number of nitrogens with zero attached hydrogens (tertiary/aromatic N) is 2. The molecule has 2 aliphatic rings. The van der Waals surface area contributed by atoms with Gasteiger partial charge < -0.3 is 20.3 Å². The van der Waals surface area contributed by atoms with E-state index in [1.165, 1.54) is 42.7 Å². The Morgan fingerprint density at radius 1 is 0.968 bits per heavy atom. The zero-order valence-electron chi connectivity index (χ0n) is 18.5. The minimum absolute atomic E-state index is 0.0175. The maximum Gasteiger partial charge on any atom is 0.241 e. The number of ether oxygens (including phenoxy) is 1. The molecule has 166 valence electrons. The molecular weight excluding hydrogens is 388 g/mol. The van der Waals surface area contributed by atoms with Crippen molar-refractivity contribution in [1.29, 1.82) is 0 Å². The molecule has 2 saturated heterocycles. The maximum atomic E-state index is 12.7. The molecule has 0 saturated carbocycles. The van der Waals surface area contributed by atoms with Gasteiger partial charge in [-0.2, -0.15) is 0 Å². The number of amides is 1. The van der Waals surface area contributed by atoms with Crippen LogP contribution in [0.1, 0.15) is 30.9 Å². The van der Waals surface area contributed by atoms with Crippen LogP contribution in [0.15, 0.2) is 48.5 Å². The first-order chi connectivity index (χ1) is 15.2. The van der Waals surface area contributed by atoms with Gasteiger partial charge in [0, 0.05) is 37.6 Å². The normalized spacial score (nSPS) is 18.2. The van der Waals surface area contributed by atoms with E-state index in [4.69, 9.17) is 4.74 Å². The van der Waals surface area contributed by atoms with Gasteiger partial charge in [0.2, 0.25) is 5.91 Å². The highest BCUT2D eigenvalue weighted by atomic mass is 16.5. The summed E-state index contributed by atoms with van der Waals surface area (Å²) in [6.07, 6.45) is 2.59. The predicted molar refractivity (Wildman–Crippen MR) is 125 cm³/mol. The Morgan fingerprint density at radius 2 is 1.65 bits per heavy atom. The van der Waals surface area contributed by atoms with E-state index in [0.717, 1.165) is 38.5 Å². The average molecular weight is 423 g/mol. The molecule has 2 N–H and O–H groups in total. The Balaban J connectivity index is 1.28. The summed E-state index contributed by atoms with van der Waals surface area (Å²) >= 11 is 0. The van der Waals surface area contributed by atoms with Gasteiger partial charge in [-0.05, 0) is 68.2 Å². The van der Waals surface area contributed by atoms with Crippen molar-refractivity contribution in [3.63, 3.8) is 0 Å². The summed E-state index contributed by atoms with van der Waals surface area (Å²) in [4.78, 5) is 17.5. The molecule has 1 amide bonds. The molecule has 2 heterocycles. The molecule has 0 aliphatic carbocycles. The number of anilines is 2. The van der Waals surface area contributed by atoms with E-state index < -0.39 is 0 Å². The van der Waals surface area contributed by atoms with Crippen molar-refractivity contribution in [3.8, 4) is 0 Å². The molecule has 2 aliphatic heterocycles. The molecule has 2 aromatic carbocycles. The SMILES string of the molecule is C[C@H](NCc1ccccc1CN1CCCC1)C(=O)Nc1ccc(N2CCOCC2)cc1. The van der Waals surface area contributed by atoms with E-state index >= 15 is 0 Å². The van der Waals surface area contributed by atoms with E-state index in [9.17, 15) is 4.79 Å². The summed E-state index contributed by atoms with van der Waals surface area (Å²) < 4.78 is 5.41. The van der Waals surface area contributed by atoms with Gasteiger partial charge in [-0.15, -0.1) is 0 Å². The summed E-state index contributed by atoms with van der Waals surface area (Å²) in [6, 6.07) is 16.3. The standard InChI is InChI=1S/C25H34N4O2/c1-20(26-18-21-6-2-3-7-22(21)19-28-12-4-5-13-28)25(30)27-23-8-10-24(11-9-23)29-14-16-31-17-15-29/h2-3,6-11,20,26H,4-5,12-19H2,1H3,(H,27,30)/t20-/m0/s1. The Bertz CT molecular complexity index is 843. The van der Waals surface area contributed by atoms with Crippen molar-refractivity contribution in [3.05, 3.63) is 59.7 Å². The molecule has 0 unspecified atom stereocenters. The number of carbonyl (C=O) groups excluding carboxylic acids is 1. The smallest absolute Gasteiger partial charge is 0.241 e. The summed E-state index contributed by atoms with van der Waals surface area (Å²) in [5.74, 6) is -0.0175. The van der Waals surface area contributed by atoms with Gasteiger partial charge in [0.15, 0.2) is 0 Å². The summed E-state index contributed by atoms with van der Waals surface area (Å²) in [5.41, 5.74) is 4.61. The fourth-order valence-corrected chi connectivity index (χ4v) is 4.25. The van der Waals surface area contributed by atoms with Crippen LogP contribution in [0.4, 0.5) is 11.4 Å². The molecular formula is C25H34N4O2. The van der Waals surface area contributed by atoms with Crippen LogP contribution in [0.3, 0.4) is 0 Å². The van der Waals surface area contributed by atoms with Crippen molar-refractivity contribution in [2.24, 2.45) is 0 Å². The van der Waals surface area contributed by atoms with Crippen LogP contribution in [0.25, 0.3) is 0 Å². The molecule has 31 heavy (non-hydrogen) atoms. The Morgan fingerprint density at radius 3 is 2.35 bits per heavy atom. The monoisotopic (exact) mass is 422 g/mol. The van der Waals surface area contributed by atoms with Crippen LogP contribution in [0, 0.1) is 0 Å². The highest BCUT2D eigenvalue weighted by Gasteiger charge is 2.16. The minimum Gasteiger partial charge on any atom is -0.378 e. The largest absolute Gasteiger partial charge is 0.378 e. The first kappa shape index (κ1) is 21.8. The number of likely N-dealkylation sites (tertiary alicyclic amines) is 1. The van der Waals surface area contributed by atoms with Crippen LogP contribution in [-0.4, -0.2) is 56.2 Å². The quantitative estimate of drug-likeness (QED) is 0.684. The third-order valence-electron chi connectivity index (χ3n) is 6.21. The first-order valence-corrected chi connectivity index (χ1v) is 11.5. The van der Waals surface area contributed by atoms with Gasteiger partial charge in [0.1, 0.15) is 0 Å². The lowest BCUT2D eigenvalue weighted by atomic mass is 10.1. The van der Waals surface area contributed by atoms with Crippen molar-refractivity contribution < 1.29 is 9.53 Å². The summed E-state index contributed by atoms with van der Waals surface area (Å²) in [6.45, 7) is 9.32. The third-order valence-corrected chi connectivity index (χ3v) is 6.21. The average Bonchev–Trinajstić information content (AvgIpc) is 3.32. The molecule has 2 aromatic rings. The lowest BCUT2D eigenvalue weighted by Gasteiger charge is -2.29. The summed E-state index contributed by atoms with van der Waals surface area (Å²) in [5, 5.41) is 6.42. The molecule has 2 fully saturated rings. The van der Waals surface area contributed by atoms with Crippen molar-refractivity contribution in [1.82, 2.24) is 10.2 Å². The summed E-state index contributed by atoms with van der Waals surface area (Å²) in [7, 11) is 0. The molecule has 0 aromatic heterocycles. The molecule has 4 rings (SSSR count). The molecule has 0 spiro atoms. The van der Waals surface area contributed by atoms with Crippen LogP contribution in [0.5, 0.6) is 0 Å². The highest BCUT2D eigenvalue weighted by molar-refractivity contribution is 5.94. The van der Waals surface area contributed by atoms with Crippen LogP contribution >= 0.6 is 0 Å². The topological polar surface area (TPSA) is 56.8 Å². The Hall–Kier alpha value is -2.41. The van der Waals surface area contributed by atoms with Crippen LogP contribution in [-0.2, 0) is 22.6 Å². The van der Waals surface area contributed by atoms with Gasteiger partial charge >= 0.3 is 0 Å². The second-order valence-electron chi connectivity index (χ2n) is 8.49. The van der Waals surface area contributed by atoms with E-state index in [1.54, 1.807) is 0 Å². The number of benzene rings is 2. The fourth-order valence-electron chi connectivity index (χ4n) is 4.25. The van der Waals surface area contributed by atoms with Gasteiger partial charge in [-0.25, -0.2) is 0 Å². The number of carbonyl (C=O) groups is 1. The first-order valence-electron chi connectivity index (χ1n) is 11.5. The third kappa shape index (κ3) is 6.06. The minimum atomic E-state index is -0.279. The van der Waals surface area contributed by atoms with Crippen LogP contribution < -0.4 is 15.5 Å². The van der Waals surface area contributed by atoms with Crippen molar-refractivity contribution in [2.75, 3.05) is 49.6 Å². The molecule has 6 nitrogen and oxygen atoms in total. The van der Waals surface area contributed by atoms with Gasteiger partial charge in [0.05, 0.1) is 19.3 Å². The second-order valence-corrected chi connectivity index (χ2v) is 8.49. The lowest BCUT2D eigenvalue weighted by Crippen LogP contribution is -2.38. The molecule has 6 heteroatoms. The van der Waals surface area contributed by atoms with Gasteiger partial charge in [-0.3, -0.25) is 9.69 Å². The van der Waals surface area contributed by atoms with E-state index in [2.05, 4.69) is 56.8 Å². The predicted octanol–water partition coefficient (Wildman–Crippen LogP) is 3.24. The van der Waals surface area contributed by atoms with Crippen LogP contribution in [0.2, 0.25) is 0 Å². The zero-order chi connectivity index (χ0) is 21.5. The zero-order valence-corrected chi connectivity index (χ0v) is 18.5. The van der Waals surface area contributed by atoms with Gasteiger partial charge in [-0.1, -0.05) is 24.3 Å². The Labute approximate surface area is 185 Å². The van der Waals surface area contributed by atoms with Crippen molar-refractivity contribution >= 4 is 17.3 Å². The van der Waals surface area contributed by atoms with Crippen molar-refractivity contribution in [2.45, 2.75) is 38.9 Å². The van der Waals surface area contributed by atoms with E-state index in [-0.39, 0.29) is 11.9 Å². The number of rotatable bonds is 8. The maximum absolute atomic E-state index is 12.7.